The van der Waals surface area contributed by atoms with Gasteiger partial charge in [-0.1, -0.05) is 40.9 Å². The third-order valence-corrected chi connectivity index (χ3v) is 4.13. The first-order valence-electron chi connectivity index (χ1n) is 8.20. The molecule has 6 nitrogen and oxygen atoms in total. The number of carbonyl (C=O) groups is 3. The summed E-state index contributed by atoms with van der Waals surface area (Å²) in [6, 6.07) is 10.2. The van der Waals surface area contributed by atoms with Gasteiger partial charge < -0.3 is 4.74 Å². The molecule has 0 aromatic heterocycles. The van der Waals surface area contributed by atoms with E-state index in [1.807, 2.05) is 36.6 Å². The Labute approximate surface area is 161 Å². The summed E-state index contributed by atoms with van der Waals surface area (Å²) in [5, 5.41) is 4.49. The van der Waals surface area contributed by atoms with E-state index in [1.165, 1.54) is 6.08 Å². The average molecular weight is 385 g/mol. The SMILES string of the molecule is Cc1cc(C)cc(COc2ccc(Cl)cc2C=C2C(=O)NC(=O)NC2=O)c1. The molecular weight excluding hydrogens is 368 g/mol. The van der Waals surface area contributed by atoms with Crippen molar-refractivity contribution in [1.82, 2.24) is 10.6 Å². The molecule has 2 aromatic rings. The van der Waals surface area contributed by atoms with E-state index in [0.29, 0.717) is 22.9 Å². The number of amides is 4. The van der Waals surface area contributed by atoms with E-state index in [0.717, 1.165) is 16.7 Å². The normalized spacial score (nSPS) is 13.9. The number of hydrogen-bond acceptors (Lipinski definition) is 4. The van der Waals surface area contributed by atoms with Crippen molar-refractivity contribution in [2.24, 2.45) is 0 Å². The quantitative estimate of drug-likeness (QED) is 0.625. The van der Waals surface area contributed by atoms with Gasteiger partial charge in [-0.2, -0.15) is 0 Å². The van der Waals surface area contributed by atoms with Gasteiger partial charge in [-0.25, -0.2) is 4.79 Å². The summed E-state index contributed by atoms with van der Waals surface area (Å²) in [7, 11) is 0. The fraction of sp³-hybridized carbons (Fsp3) is 0.150. The Morgan fingerprint density at radius 3 is 2.22 bits per heavy atom. The van der Waals surface area contributed by atoms with Crippen molar-refractivity contribution in [2.75, 3.05) is 0 Å². The summed E-state index contributed by atoms with van der Waals surface area (Å²) in [6.45, 7) is 4.34. The summed E-state index contributed by atoms with van der Waals surface area (Å²) in [5.41, 5.74) is 3.52. The van der Waals surface area contributed by atoms with Gasteiger partial charge in [-0.05, 0) is 43.7 Å². The molecule has 1 heterocycles. The number of rotatable bonds is 4. The summed E-state index contributed by atoms with van der Waals surface area (Å²) in [5.74, 6) is -1.09. The van der Waals surface area contributed by atoms with Gasteiger partial charge in [0, 0.05) is 10.6 Å². The van der Waals surface area contributed by atoms with Crippen molar-refractivity contribution in [2.45, 2.75) is 20.5 Å². The molecule has 27 heavy (non-hydrogen) atoms. The first kappa shape index (κ1) is 18.7. The Bertz CT molecular complexity index is 940. The van der Waals surface area contributed by atoms with E-state index in [4.69, 9.17) is 16.3 Å². The van der Waals surface area contributed by atoms with Gasteiger partial charge in [0.25, 0.3) is 11.8 Å². The Balaban J connectivity index is 1.89. The number of carbonyl (C=O) groups excluding carboxylic acids is 3. The minimum absolute atomic E-state index is 0.201. The van der Waals surface area contributed by atoms with Crippen LogP contribution < -0.4 is 15.4 Å². The van der Waals surface area contributed by atoms with Gasteiger partial charge in [0.2, 0.25) is 0 Å². The number of aryl methyl sites for hydroxylation is 2. The van der Waals surface area contributed by atoms with Crippen LogP contribution in [0, 0.1) is 13.8 Å². The minimum atomic E-state index is -0.848. The monoisotopic (exact) mass is 384 g/mol. The molecule has 4 amide bonds. The minimum Gasteiger partial charge on any atom is -0.488 e. The number of nitrogens with one attached hydrogen (secondary N) is 2. The molecule has 1 aliphatic rings. The van der Waals surface area contributed by atoms with Crippen molar-refractivity contribution in [3.63, 3.8) is 0 Å². The van der Waals surface area contributed by atoms with Crippen molar-refractivity contribution < 1.29 is 19.1 Å². The highest BCUT2D eigenvalue weighted by Crippen LogP contribution is 2.27. The van der Waals surface area contributed by atoms with Gasteiger partial charge in [-0.15, -0.1) is 0 Å². The second kappa shape index (κ2) is 7.63. The fourth-order valence-corrected chi connectivity index (χ4v) is 3.02. The molecule has 0 bridgehead atoms. The smallest absolute Gasteiger partial charge is 0.328 e. The topological polar surface area (TPSA) is 84.5 Å². The van der Waals surface area contributed by atoms with E-state index in [9.17, 15) is 14.4 Å². The predicted octanol–water partition coefficient (Wildman–Crippen LogP) is 3.29. The molecule has 2 N–H and O–H groups in total. The number of imide groups is 2. The van der Waals surface area contributed by atoms with Crippen LogP contribution in [0.2, 0.25) is 5.02 Å². The molecule has 0 atom stereocenters. The van der Waals surface area contributed by atoms with E-state index < -0.39 is 17.8 Å². The standard InChI is InChI=1S/C20H17ClN2O4/c1-11-5-12(2)7-13(6-11)10-27-17-4-3-15(21)8-14(17)9-16-18(24)22-20(26)23-19(16)25/h3-9H,10H2,1-2H3,(H2,22,23,24,25,26). The highest BCUT2D eigenvalue weighted by molar-refractivity contribution is 6.32. The van der Waals surface area contributed by atoms with Crippen LogP contribution in [0.3, 0.4) is 0 Å². The number of urea groups is 1. The lowest BCUT2D eigenvalue weighted by atomic mass is 10.1. The highest BCUT2D eigenvalue weighted by Gasteiger charge is 2.28. The number of ether oxygens (including phenoxy) is 1. The van der Waals surface area contributed by atoms with Crippen LogP contribution in [-0.2, 0) is 16.2 Å². The zero-order chi connectivity index (χ0) is 19.6. The predicted molar refractivity (Wildman–Crippen MR) is 101 cm³/mol. The zero-order valence-electron chi connectivity index (χ0n) is 14.8. The molecule has 0 spiro atoms. The summed E-state index contributed by atoms with van der Waals surface area (Å²) in [4.78, 5) is 35.1. The molecule has 138 valence electrons. The first-order valence-corrected chi connectivity index (χ1v) is 8.57. The van der Waals surface area contributed by atoms with E-state index >= 15 is 0 Å². The van der Waals surface area contributed by atoms with Gasteiger partial charge in [-0.3, -0.25) is 20.2 Å². The zero-order valence-corrected chi connectivity index (χ0v) is 15.5. The molecular formula is C20H17ClN2O4. The Morgan fingerprint density at radius 1 is 0.963 bits per heavy atom. The molecule has 7 heteroatoms. The summed E-state index contributed by atoms with van der Waals surface area (Å²) in [6.07, 6.45) is 1.35. The van der Waals surface area contributed by atoms with Crippen molar-refractivity contribution in [3.05, 3.63) is 69.2 Å². The molecule has 0 saturated carbocycles. The summed E-state index contributed by atoms with van der Waals surface area (Å²) < 4.78 is 5.89. The third kappa shape index (κ3) is 4.54. The van der Waals surface area contributed by atoms with Crippen molar-refractivity contribution in [3.8, 4) is 5.75 Å². The molecule has 3 rings (SSSR count). The van der Waals surface area contributed by atoms with Crippen LogP contribution in [0.15, 0.2) is 42.0 Å². The lowest BCUT2D eigenvalue weighted by Crippen LogP contribution is -2.51. The Morgan fingerprint density at radius 2 is 1.59 bits per heavy atom. The Hall–Kier alpha value is -3.12. The van der Waals surface area contributed by atoms with Crippen LogP contribution in [0.5, 0.6) is 5.75 Å². The van der Waals surface area contributed by atoms with Crippen LogP contribution in [-0.4, -0.2) is 17.8 Å². The van der Waals surface area contributed by atoms with Crippen LogP contribution in [0.25, 0.3) is 6.08 Å². The maximum absolute atomic E-state index is 11.9. The van der Waals surface area contributed by atoms with Crippen LogP contribution in [0.4, 0.5) is 4.79 Å². The lowest BCUT2D eigenvalue weighted by molar-refractivity contribution is -0.123. The number of barbiturate groups is 1. The molecule has 0 aliphatic carbocycles. The molecule has 0 unspecified atom stereocenters. The van der Waals surface area contributed by atoms with Gasteiger partial charge in [0.15, 0.2) is 0 Å². The number of hydrogen-bond donors (Lipinski definition) is 2. The second-order valence-corrected chi connectivity index (χ2v) is 6.70. The average Bonchev–Trinajstić information content (AvgIpc) is 2.56. The Kier molecular flexibility index (Phi) is 5.28. The summed E-state index contributed by atoms with van der Waals surface area (Å²) >= 11 is 6.05. The third-order valence-electron chi connectivity index (χ3n) is 3.89. The van der Waals surface area contributed by atoms with Crippen molar-refractivity contribution >= 4 is 35.5 Å². The fourth-order valence-electron chi connectivity index (χ4n) is 2.84. The molecule has 1 fully saturated rings. The van der Waals surface area contributed by atoms with Gasteiger partial charge in [0.05, 0.1) is 0 Å². The number of benzene rings is 2. The van der Waals surface area contributed by atoms with Gasteiger partial charge >= 0.3 is 6.03 Å². The van der Waals surface area contributed by atoms with Crippen LogP contribution in [0.1, 0.15) is 22.3 Å². The molecule has 1 saturated heterocycles. The lowest BCUT2D eigenvalue weighted by Gasteiger charge is -2.15. The maximum Gasteiger partial charge on any atom is 0.328 e. The number of halogens is 1. The first-order chi connectivity index (χ1) is 12.8. The van der Waals surface area contributed by atoms with Gasteiger partial charge in [0.1, 0.15) is 17.9 Å². The maximum atomic E-state index is 11.9. The van der Waals surface area contributed by atoms with Crippen LogP contribution >= 0.6 is 11.6 Å². The van der Waals surface area contributed by atoms with E-state index in [-0.39, 0.29) is 5.57 Å². The largest absolute Gasteiger partial charge is 0.488 e. The van der Waals surface area contributed by atoms with E-state index in [2.05, 4.69) is 6.07 Å². The molecule has 1 aliphatic heterocycles. The second-order valence-electron chi connectivity index (χ2n) is 6.26. The molecule has 2 aromatic carbocycles. The van der Waals surface area contributed by atoms with E-state index in [1.54, 1.807) is 18.2 Å². The van der Waals surface area contributed by atoms with Crippen molar-refractivity contribution in [1.29, 1.82) is 0 Å². The highest BCUT2D eigenvalue weighted by atomic mass is 35.5. The molecule has 0 radical (unpaired) electrons.